The zero-order valence-corrected chi connectivity index (χ0v) is 14.8. The fraction of sp³-hybridized carbons (Fsp3) is 0.500. The number of hydrogen-bond donors (Lipinski definition) is 2. The fourth-order valence-electron chi connectivity index (χ4n) is 3.05. The lowest BCUT2D eigenvalue weighted by atomic mass is 10.0. The van der Waals surface area contributed by atoms with Crippen LogP contribution in [-0.4, -0.2) is 53.5 Å². The van der Waals surface area contributed by atoms with Crippen molar-refractivity contribution in [3.05, 3.63) is 28.8 Å². The molecule has 0 unspecified atom stereocenters. The van der Waals surface area contributed by atoms with Gasteiger partial charge in [0.2, 0.25) is 5.91 Å². The van der Waals surface area contributed by atoms with Gasteiger partial charge in [0.25, 0.3) is 5.91 Å². The van der Waals surface area contributed by atoms with Gasteiger partial charge in [0.1, 0.15) is 5.75 Å². The molecule has 1 aromatic rings. The van der Waals surface area contributed by atoms with E-state index in [0.29, 0.717) is 24.4 Å². The summed E-state index contributed by atoms with van der Waals surface area (Å²) in [5, 5.41) is 11.7. The highest BCUT2D eigenvalue weighted by Crippen LogP contribution is 2.25. The average molecular weight is 348 g/mol. The van der Waals surface area contributed by atoms with E-state index in [2.05, 4.69) is 5.32 Å². The van der Waals surface area contributed by atoms with Gasteiger partial charge >= 0.3 is 5.97 Å². The van der Waals surface area contributed by atoms with Gasteiger partial charge < -0.3 is 20.1 Å². The minimum absolute atomic E-state index is 0.0478. The summed E-state index contributed by atoms with van der Waals surface area (Å²) in [6, 6.07) is 3.45. The minimum atomic E-state index is -1.04. The van der Waals surface area contributed by atoms with Crippen molar-refractivity contribution >= 4 is 17.8 Å². The van der Waals surface area contributed by atoms with Crippen LogP contribution >= 0.6 is 0 Å². The molecule has 0 atom stereocenters. The van der Waals surface area contributed by atoms with Gasteiger partial charge in [-0.1, -0.05) is 0 Å². The molecule has 0 aromatic heterocycles. The number of carboxylic acids is 1. The predicted molar refractivity (Wildman–Crippen MR) is 91.8 cm³/mol. The molecular formula is C18H24N2O5. The standard InChI is InChI=1S/C18H24N2O5/c1-11-8-14(9-12(2)17(11)25-10-16(22)23)18(24)19-15-4-6-20(7-5-15)13(3)21/h8-9,15H,4-7,10H2,1-3H3,(H,19,24)(H,22,23). The summed E-state index contributed by atoms with van der Waals surface area (Å²) in [5.74, 6) is -0.656. The van der Waals surface area contributed by atoms with Crippen LogP contribution in [0.25, 0.3) is 0 Å². The van der Waals surface area contributed by atoms with Crippen molar-refractivity contribution in [1.29, 1.82) is 0 Å². The van der Waals surface area contributed by atoms with E-state index < -0.39 is 12.6 Å². The van der Waals surface area contributed by atoms with Crippen molar-refractivity contribution in [3.8, 4) is 5.75 Å². The molecule has 0 radical (unpaired) electrons. The molecule has 1 heterocycles. The highest BCUT2D eigenvalue weighted by Gasteiger charge is 2.23. The van der Waals surface area contributed by atoms with Crippen molar-refractivity contribution in [1.82, 2.24) is 10.2 Å². The van der Waals surface area contributed by atoms with Crippen molar-refractivity contribution in [2.75, 3.05) is 19.7 Å². The number of rotatable bonds is 5. The number of aryl methyl sites for hydroxylation is 2. The molecule has 7 heteroatoms. The van der Waals surface area contributed by atoms with Gasteiger partial charge in [-0.05, 0) is 49.9 Å². The van der Waals surface area contributed by atoms with Crippen LogP contribution < -0.4 is 10.1 Å². The van der Waals surface area contributed by atoms with E-state index >= 15 is 0 Å². The number of hydrogen-bond acceptors (Lipinski definition) is 4. The van der Waals surface area contributed by atoms with Crippen molar-refractivity contribution < 1.29 is 24.2 Å². The Bertz CT molecular complexity index is 655. The zero-order chi connectivity index (χ0) is 18.6. The number of benzene rings is 1. The van der Waals surface area contributed by atoms with Crippen LogP contribution in [0.15, 0.2) is 12.1 Å². The van der Waals surface area contributed by atoms with Crippen molar-refractivity contribution in [2.45, 2.75) is 39.7 Å². The van der Waals surface area contributed by atoms with E-state index in [1.165, 1.54) is 0 Å². The fourth-order valence-corrected chi connectivity index (χ4v) is 3.05. The molecule has 2 amide bonds. The number of amides is 2. The molecule has 136 valence electrons. The predicted octanol–water partition coefficient (Wildman–Crippen LogP) is 1.51. The van der Waals surface area contributed by atoms with E-state index in [0.717, 1.165) is 24.0 Å². The highest BCUT2D eigenvalue weighted by molar-refractivity contribution is 5.95. The van der Waals surface area contributed by atoms with Gasteiger partial charge in [-0.25, -0.2) is 4.79 Å². The maximum Gasteiger partial charge on any atom is 0.341 e. The number of likely N-dealkylation sites (tertiary alicyclic amines) is 1. The summed E-state index contributed by atoms with van der Waals surface area (Å²) in [6.07, 6.45) is 1.48. The van der Waals surface area contributed by atoms with E-state index in [1.54, 1.807) is 37.8 Å². The Morgan fingerprint density at radius 1 is 1.20 bits per heavy atom. The van der Waals surface area contributed by atoms with E-state index in [4.69, 9.17) is 9.84 Å². The van der Waals surface area contributed by atoms with Gasteiger partial charge in [0.15, 0.2) is 6.61 Å². The Kier molecular flexibility index (Phi) is 6.01. The Hall–Kier alpha value is -2.57. The number of carboxylic acid groups (broad SMARTS) is 1. The van der Waals surface area contributed by atoms with Crippen LogP contribution in [0.1, 0.15) is 41.3 Å². The Morgan fingerprint density at radius 3 is 2.24 bits per heavy atom. The van der Waals surface area contributed by atoms with Gasteiger partial charge in [-0.2, -0.15) is 0 Å². The monoisotopic (exact) mass is 348 g/mol. The number of nitrogens with one attached hydrogen (secondary N) is 1. The smallest absolute Gasteiger partial charge is 0.341 e. The molecule has 2 N–H and O–H groups in total. The number of nitrogens with zero attached hydrogens (tertiary/aromatic N) is 1. The number of aliphatic carboxylic acids is 1. The van der Waals surface area contributed by atoms with Crippen molar-refractivity contribution in [2.24, 2.45) is 0 Å². The first-order chi connectivity index (χ1) is 11.8. The van der Waals surface area contributed by atoms with E-state index in [9.17, 15) is 14.4 Å². The van der Waals surface area contributed by atoms with Crippen LogP contribution in [0.2, 0.25) is 0 Å². The summed E-state index contributed by atoms with van der Waals surface area (Å²) >= 11 is 0. The quantitative estimate of drug-likeness (QED) is 0.841. The van der Waals surface area contributed by atoms with E-state index in [-0.39, 0.29) is 17.9 Å². The summed E-state index contributed by atoms with van der Waals surface area (Å²) in [6.45, 7) is 6.01. The summed E-state index contributed by atoms with van der Waals surface area (Å²) in [7, 11) is 0. The van der Waals surface area contributed by atoms with E-state index in [1.807, 2.05) is 0 Å². The Balaban J connectivity index is 2.00. The van der Waals surface area contributed by atoms with Gasteiger partial charge in [0.05, 0.1) is 0 Å². The van der Waals surface area contributed by atoms with Crippen LogP contribution in [0, 0.1) is 13.8 Å². The first-order valence-corrected chi connectivity index (χ1v) is 8.30. The average Bonchev–Trinajstić information content (AvgIpc) is 2.54. The second-order valence-corrected chi connectivity index (χ2v) is 6.38. The lowest BCUT2D eigenvalue weighted by Crippen LogP contribution is -2.46. The second-order valence-electron chi connectivity index (χ2n) is 6.38. The molecule has 0 saturated carbocycles. The van der Waals surface area contributed by atoms with Crippen molar-refractivity contribution in [3.63, 3.8) is 0 Å². The third kappa shape index (κ3) is 4.95. The maximum atomic E-state index is 12.5. The molecule has 0 bridgehead atoms. The molecule has 1 saturated heterocycles. The first kappa shape index (κ1) is 18.8. The normalized spacial score (nSPS) is 14.9. The van der Waals surface area contributed by atoms with Gasteiger partial charge in [-0.15, -0.1) is 0 Å². The number of carbonyl (C=O) groups excluding carboxylic acids is 2. The first-order valence-electron chi connectivity index (χ1n) is 8.30. The van der Waals surface area contributed by atoms with Crippen LogP contribution in [0.3, 0.4) is 0 Å². The van der Waals surface area contributed by atoms with Crippen LogP contribution in [0.4, 0.5) is 0 Å². The molecule has 1 aliphatic heterocycles. The summed E-state index contributed by atoms with van der Waals surface area (Å²) < 4.78 is 5.28. The Labute approximate surface area is 147 Å². The largest absolute Gasteiger partial charge is 0.481 e. The topological polar surface area (TPSA) is 95.9 Å². The molecule has 2 rings (SSSR count). The lowest BCUT2D eigenvalue weighted by molar-refractivity contribution is -0.139. The SMILES string of the molecule is CC(=O)N1CCC(NC(=O)c2cc(C)c(OCC(=O)O)c(C)c2)CC1. The van der Waals surface area contributed by atoms with Gasteiger partial charge in [0, 0.05) is 31.6 Å². The van der Waals surface area contributed by atoms with Crippen LogP contribution in [0.5, 0.6) is 5.75 Å². The van der Waals surface area contributed by atoms with Crippen LogP contribution in [-0.2, 0) is 9.59 Å². The molecule has 1 fully saturated rings. The highest BCUT2D eigenvalue weighted by atomic mass is 16.5. The third-order valence-corrected chi connectivity index (χ3v) is 4.34. The Morgan fingerprint density at radius 2 is 1.76 bits per heavy atom. The maximum absolute atomic E-state index is 12.5. The second kappa shape index (κ2) is 8.00. The number of carbonyl (C=O) groups is 3. The summed E-state index contributed by atoms with van der Waals surface area (Å²) in [4.78, 5) is 36.3. The third-order valence-electron chi connectivity index (χ3n) is 4.34. The molecule has 7 nitrogen and oxygen atoms in total. The minimum Gasteiger partial charge on any atom is -0.481 e. The molecule has 0 spiro atoms. The summed E-state index contributed by atoms with van der Waals surface area (Å²) in [5.41, 5.74) is 1.96. The number of piperidine rings is 1. The van der Waals surface area contributed by atoms with Gasteiger partial charge in [-0.3, -0.25) is 9.59 Å². The molecule has 25 heavy (non-hydrogen) atoms. The molecule has 1 aliphatic rings. The molecular weight excluding hydrogens is 324 g/mol. The lowest BCUT2D eigenvalue weighted by Gasteiger charge is -2.31. The molecule has 0 aliphatic carbocycles. The zero-order valence-electron chi connectivity index (χ0n) is 14.8. The number of ether oxygens (including phenoxy) is 1. The molecule has 1 aromatic carbocycles.